The number of aliphatic carboxylic acids is 3. The molecule has 0 spiro atoms. The van der Waals surface area contributed by atoms with Gasteiger partial charge in [0, 0.05) is 19.3 Å². The number of carbonyl (C=O) groups excluding carboxylic acids is 3. The van der Waals surface area contributed by atoms with Crippen LogP contribution in [0.1, 0.15) is 45.1 Å². The summed E-state index contributed by atoms with van der Waals surface area (Å²) in [5, 5.41) is 34.2. The molecule has 4 unspecified atom stereocenters. The van der Waals surface area contributed by atoms with Crippen LogP contribution in [0.15, 0.2) is 30.3 Å². The fraction of sp³-hybridized carbons (Fsp3) is 0.500. The zero-order valence-corrected chi connectivity index (χ0v) is 20.7. The predicted octanol–water partition coefficient (Wildman–Crippen LogP) is -0.519. The zero-order valence-electron chi connectivity index (χ0n) is 20.7. The van der Waals surface area contributed by atoms with Crippen molar-refractivity contribution in [3.05, 3.63) is 35.9 Å². The summed E-state index contributed by atoms with van der Waals surface area (Å²) in [6, 6.07) is 3.65. The minimum absolute atomic E-state index is 0.0346. The Labute approximate surface area is 213 Å². The Hall–Kier alpha value is -4.00. The van der Waals surface area contributed by atoms with Crippen LogP contribution in [0.3, 0.4) is 0 Å². The first-order chi connectivity index (χ1) is 17.3. The molecule has 0 heterocycles. The molecule has 0 radical (unpaired) electrons. The van der Waals surface area contributed by atoms with Crippen molar-refractivity contribution in [1.82, 2.24) is 16.0 Å². The van der Waals surface area contributed by atoms with Gasteiger partial charge in [0.15, 0.2) is 0 Å². The lowest BCUT2D eigenvalue weighted by atomic mass is 10.00. The van der Waals surface area contributed by atoms with Gasteiger partial charge in [-0.3, -0.25) is 24.0 Å². The van der Waals surface area contributed by atoms with Crippen LogP contribution in [-0.4, -0.2) is 75.1 Å². The van der Waals surface area contributed by atoms with Crippen LogP contribution in [-0.2, 0) is 35.2 Å². The maximum atomic E-state index is 13.2. The normalized spacial score (nSPS) is 14.1. The van der Waals surface area contributed by atoms with Gasteiger partial charge < -0.3 is 37.0 Å². The second kappa shape index (κ2) is 15.2. The van der Waals surface area contributed by atoms with E-state index in [1.54, 1.807) is 44.2 Å². The minimum Gasteiger partial charge on any atom is -0.481 e. The molecule has 1 aromatic rings. The van der Waals surface area contributed by atoms with E-state index < -0.39 is 72.1 Å². The number of carboxylic acid groups (broad SMARTS) is 3. The summed E-state index contributed by atoms with van der Waals surface area (Å²) in [5.41, 5.74) is 6.46. The molecule has 8 N–H and O–H groups in total. The Balaban J connectivity index is 3.04. The van der Waals surface area contributed by atoms with Crippen molar-refractivity contribution in [2.24, 2.45) is 11.7 Å². The minimum atomic E-state index is -1.48. The lowest BCUT2D eigenvalue weighted by Crippen LogP contribution is -2.59. The van der Waals surface area contributed by atoms with Crippen LogP contribution in [0.2, 0.25) is 0 Å². The van der Waals surface area contributed by atoms with Crippen LogP contribution in [0, 0.1) is 5.92 Å². The monoisotopic (exact) mass is 522 g/mol. The maximum absolute atomic E-state index is 13.2. The SMILES string of the molecule is CC(C)C(NC(=O)C(Cc1ccccc1)NC(=O)C(N)CCC(=O)O)C(=O)NC(CCC(=O)O)C(=O)O. The quantitative estimate of drug-likeness (QED) is 0.147. The number of amides is 3. The third-order valence-corrected chi connectivity index (χ3v) is 5.43. The van der Waals surface area contributed by atoms with E-state index >= 15 is 0 Å². The summed E-state index contributed by atoms with van der Waals surface area (Å²) in [5.74, 6) is -6.59. The van der Waals surface area contributed by atoms with Crippen molar-refractivity contribution >= 4 is 35.6 Å². The van der Waals surface area contributed by atoms with E-state index in [-0.39, 0.29) is 25.7 Å². The van der Waals surface area contributed by atoms with Crippen molar-refractivity contribution in [2.45, 2.75) is 70.1 Å². The molecule has 4 atom stereocenters. The van der Waals surface area contributed by atoms with Gasteiger partial charge >= 0.3 is 17.9 Å². The average Bonchev–Trinajstić information content (AvgIpc) is 2.82. The molecule has 0 saturated carbocycles. The summed E-state index contributed by atoms with van der Waals surface area (Å²) in [7, 11) is 0. The maximum Gasteiger partial charge on any atom is 0.326 e. The van der Waals surface area contributed by atoms with Gasteiger partial charge in [0.1, 0.15) is 18.1 Å². The highest BCUT2D eigenvalue weighted by molar-refractivity contribution is 5.94. The predicted molar refractivity (Wildman–Crippen MR) is 130 cm³/mol. The summed E-state index contributed by atoms with van der Waals surface area (Å²) >= 11 is 0. The second-order valence-corrected chi connectivity index (χ2v) is 8.85. The van der Waals surface area contributed by atoms with E-state index in [9.17, 15) is 33.9 Å². The Morgan fingerprint density at radius 1 is 0.757 bits per heavy atom. The van der Waals surface area contributed by atoms with Crippen LogP contribution >= 0.6 is 0 Å². The van der Waals surface area contributed by atoms with Gasteiger partial charge in [0.25, 0.3) is 0 Å². The van der Waals surface area contributed by atoms with Crippen molar-refractivity contribution in [2.75, 3.05) is 0 Å². The van der Waals surface area contributed by atoms with E-state index in [0.29, 0.717) is 5.56 Å². The topological polar surface area (TPSA) is 225 Å². The number of hydrogen-bond donors (Lipinski definition) is 7. The number of benzene rings is 1. The molecule has 0 aromatic heterocycles. The molecule has 37 heavy (non-hydrogen) atoms. The smallest absolute Gasteiger partial charge is 0.326 e. The van der Waals surface area contributed by atoms with Crippen LogP contribution in [0.25, 0.3) is 0 Å². The number of hydrogen-bond acceptors (Lipinski definition) is 7. The van der Waals surface area contributed by atoms with Crippen molar-refractivity contribution in [3.8, 4) is 0 Å². The van der Waals surface area contributed by atoms with Gasteiger partial charge in [0.2, 0.25) is 17.7 Å². The van der Waals surface area contributed by atoms with E-state index in [0.717, 1.165) is 0 Å². The van der Waals surface area contributed by atoms with Gasteiger partial charge in [0.05, 0.1) is 6.04 Å². The highest BCUT2D eigenvalue weighted by Crippen LogP contribution is 2.09. The molecule has 3 amide bonds. The molecular formula is C24H34N4O9. The van der Waals surface area contributed by atoms with E-state index in [4.69, 9.17) is 15.9 Å². The first-order valence-corrected chi connectivity index (χ1v) is 11.7. The van der Waals surface area contributed by atoms with Crippen molar-refractivity contribution in [3.63, 3.8) is 0 Å². The van der Waals surface area contributed by atoms with E-state index in [1.165, 1.54) is 0 Å². The molecule has 0 aliphatic rings. The van der Waals surface area contributed by atoms with Crippen LogP contribution in [0.4, 0.5) is 0 Å². The van der Waals surface area contributed by atoms with Crippen LogP contribution < -0.4 is 21.7 Å². The van der Waals surface area contributed by atoms with Crippen molar-refractivity contribution < 1.29 is 44.1 Å². The van der Waals surface area contributed by atoms with Crippen LogP contribution in [0.5, 0.6) is 0 Å². The summed E-state index contributed by atoms with van der Waals surface area (Å²) < 4.78 is 0. The molecule has 0 aliphatic carbocycles. The molecule has 1 aromatic carbocycles. The zero-order chi connectivity index (χ0) is 28.1. The first kappa shape index (κ1) is 31.0. The largest absolute Gasteiger partial charge is 0.481 e. The molecular weight excluding hydrogens is 488 g/mol. The average molecular weight is 523 g/mol. The lowest BCUT2D eigenvalue weighted by molar-refractivity contribution is -0.144. The number of carbonyl (C=O) groups is 6. The Morgan fingerprint density at radius 3 is 1.81 bits per heavy atom. The highest BCUT2D eigenvalue weighted by atomic mass is 16.4. The molecule has 1 rings (SSSR count). The fourth-order valence-electron chi connectivity index (χ4n) is 3.32. The number of rotatable bonds is 16. The number of carboxylic acids is 3. The molecule has 0 saturated heterocycles. The molecule has 13 heteroatoms. The van der Waals surface area contributed by atoms with E-state index in [1.807, 2.05) is 0 Å². The standard InChI is InChI=1S/C24H34N4O9/c1-13(2)20(23(35)26-16(24(36)37)9-11-19(31)32)28-22(34)17(12-14-6-4-3-5-7-14)27-21(33)15(25)8-10-18(29)30/h3-7,13,15-17,20H,8-12,25H2,1-2H3,(H,26,35)(H,27,33)(H,28,34)(H,29,30)(H,31,32)(H,36,37). The van der Waals surface area contributed by atoms with Gasteiger partial charge in [-0.2, -0.15) is 0 Å². The summed E-state index contributed by atoms with van der Waals surface area (Å²) in [6.45, 7) is 3.23. The molecule has 0 bridgehead atoms. The third kappa shape index (κ3) is 11.5. The highest BCUT2D eigenvalue weighted by Gasteiger charge is 2.32. The first-order valence-electron chi connectivity index (χ1n) is 11.7. The fourth-order valence-corrected chi connectivity index (χ4v) is 3.32. The van der Waals surface area contributed by atoms with Gasteiger partial charge in [-0.1, -0.05) is 44.2 Å². The van der Waals surface area contributed by atoms with Gasteiger partial charge in [-0.05, 0) is 24.3 Å². The van der Waals surface area contributed by atoms with E-state index in [2.05, 4.69) is 16.0 Å². The summed E-state index contributed by atoms with van der Waals surface area (Å²) in [4.78, 5) is 71.6. The molecule has 204 valence electrons. The Morgan fingerprint density at radius 2 is 1.30 bits per heavy atom. The lowest BCUT2D eigenvalue weighted by Gasteiger charge is -2.27. The van der Waals surface area contributed by atoms with Gasteiger partial charge in [-0.15, -0.1) is 0 Å². The second-order valence-electron chi connectivity index (χ2n) is 8.85. The molecule has 0 aliphatic heterocycles. The van der Waals surface area contributed by atoms with Crippen molar-refractivity contribution in [1.29, 1.82) is 0 Å². The Kier molecular flexibility index (Phi) is 12.7. The Bertz CT molecular complexity index is 968. The third-order valence-electron chi connectivity index (χ3n) is 5.43. The number of nitrogens with one attached hydrogen (secondary N) is 3. The summed E-state index contributed by atoms with van der Waals surface area (Å²) in [6.07, 6.45) is -1.29. The molecule has 13 nitrogen and oxygen atoms in total. The van der Waals surface area contributed by atoms with Gasteiger partial charge in [-0.25, -0.2) is 4.79 Å². The molecule has 0 fully saturated rings. The number of nitrogens with two attached hydrogens (primary N) is 1.